The van der Waals surface area contributed by atoms with E-state index in [1.54, 1.807) is 24.3 Å². The van der Waals surface area contributed by atoms with Gasteiger partial charge in [-0.3, -0.25) is 14.9 Å². The van der Waals surface area contributed by atoms with Crippen molar-refractivity contribution >= 4 is 49.6 Å². The minimum Gasteiger partial charge on any atom is -0.505 e. The molecule has 0 unspecified atom stereocenters. The summed E-state index contributed by atoms with van der Waals surface area (Å²) in [6.45, 7) is 0. The lowest BCUT2D eigenvalue weighted by Gasteiger charge is -2.08. The Kier molecular flexibility index (Phi) is 5.03. The molecule has 0 aliphatic heterocycles. The van der Waals surface area contributed by atoms with Crippen molar-refractivity contribution in [1.29, 1.82) is 0 Å². The number of anilines is 1. The van der Waals surface area contributed by atoms with Crippen LogP contribution in [0.2, 0.25) is 0 Å². The van der Waals surface area contributed by atoms with Gasteiger partial charge in [0.25, 0.3) is 11.5 Å². The van der Waals surface area contributed by atoms with E-state index in [1.165, 1.54) is 22.7 Å². The van der Waals surface area contributed by atoms with Crippen LogP contribution in [0.4, 0.5) is 5.13 Å². The number of nitrogens with one attached hydrogen (secondary N) is 1. The number of nitrogens with zero attached hydrogens (tertiary/aromatic N) is 4. The Balaban J connectivity index is 1.63. The number of thiophene rings is 1. The van der Waals surface area contributed by atoms with Gasteiger partial charge < -0.3 is 5.11 Å². The van der Waals surface area contributed by atoms with E-state index in [0.717, 1.165) is 20.1 Å². The van der Waals surface area contributed by atoms with Gasteiger partial charge >= 0.3 is 0 Å². The Bertz CT molecular complexity index is 1200. The highest BCUT2D eigenvalue weighted by Gasteiger charge is 2.19. The number of halogens is 1. The molecule has 0 saturated heterocycles. The summed E-state index contributed by atoms with van der Waals surface area (Å²) in [5.74, 6) is -1.21. The highest BCUT2D eigenvalue weighted by atomic mass is 79.9. The molecule has 0 bridgehead atoms. The summed E-state index contributed by atoms with van der Waals surface area (Å²) in [6, 6.07) is 11.5. The second kappa shape index (κ2) is 7.62. The second-order valence-electron chi connectivity index (χ2n) is 5.45. The summed E-state index contributed by atoms with van der Waals surface area (Å²) in [5, 5.41) is 27.4. The molecular weight excluding hydrogens is 466 g/mol. The predicted octanol–water partition coefficient (Wildman–Crippen LogP) is 3.53. The smallest absolute Gasteiger partial charge is 0.281 e. The number of carbonyl (C=O) groups excluding carboxylic acids is 1. The molecule has 3 aromatic heterocycles. The summed E-state index contributed by atoms with van der Waals surface area (Å²) in [4.78, 5) is 25.7. The van der Waals surface area contributed by atoms with E-state index >= 15 is 0 Å². The van der Waals surface area contributed by atoms with Gasteiger partial charge in [0.1, 0.15) is 0 Å². The maximum atomic E-state index is 12.6. The fourth-order valence-electron chi connectivity index (χ4n) is 2.31. The molecule has 11 heteroatoms. The molecular formula is C17H10BrN5O3S2. The van der Waals surface area contributed by atoms with Crippen molar-refractivity contribution in [2.45, 2.75) is 0 Å². The Labute approximate surface area is 174 Å². The van der Waals surface area contributed by atoms with Gasteiger partial charge in [-0.05, 0) is 35.7 Å². The van der Waals surface area contributed by atoms with Crippen molar-refractivity contribution in [3.63, 3.8) is 0 Å². The van der Waals surface area contributed by atoms with Crippen LogP contribution in [0.3, 0.4) is 0 Å². The molecule has 1 amide bonds. The number of hydrogen-bond donors (Lipinski definition) is 2. The number of hydrogen-bond acceptors (Lipinski definition) is 8. The van der Waals surface area contributed by atoms with Crippen LogP contribution >= 0.6 is 38.6 Å². The minimum atomic E-state index is -0.697. The van der Waals surface area contributed by atoms with Gasteiger partial charge in [0, 0.05) is 10.5 Å². The fraction of sp³-hybridized carbons (Fsp3) is 0. The van der Waals surface area contributed by atoms with Crippen LogP contribution in [-0.4, -0.2) is 31.0 Å². The van der Waals surface area contributed by atoms with Gasteiger partial charge in [-0.2, -0.15) is 9.78 Å². The van der Waals surface area contributed by atoms with Gasteiger partial charge in [-0.15, -0.1) is 21.5 Å². The van der Waals surface area contributed by atoms with E-state index in [4.69, 9.17) is 0 Å². The maximum Gasteiger partial charge on any atom is 0.281 e. The Morgan fingerprint density at radius 3 is 2.68 bits per heavy atom. The second-order valence-corrected chi connectivity index (χ2v) is 8.29. The number of rotatable bonds is 4. The molecule has 8 nitrogen and oxygen atoms in total. The molecule has 0 saturated carbocycles. The lowest BCUT2D eigenvalue weighted by molar-refractivity contribution is 0.101. The predicted molar refractivity (Wildman–Crippen MR) is 110 cm³/mol. The molecule has 0 fully saturated rings. The SMILES string of the molecule is O=C(Nc1nnc(-c2cccs2)s1)c1nn(-c2ccc(Br)cc2)c(=O)cc1O. The Morgan fingerprint density at radius 1 is 1.18 bits per heavy atom. The molecule has 3 heterocycles. The van der Waals surface area contributed by atoms with Gasteiger partial charge in [-0.25, -0.2) is 0 Å². The number of aromatic hydroxyl groups is 1. The molecule has 4 rings (SSSR count). The zero-order valence-corrected chi connectivity index (χ0v) is 17.1. The summed E-state index contributed by atoms with van der Waals surface area (Å²) >= 11 is 6.02. The van der Waals surface area contributed by atoms with E-state index in [-0.39, 0.29) is 10.8 Å². The van der Waals surface area contributed by atoms with Crippen molar-refractivity contribution in [3.8, 4) is 21.3 Å². The molecule has 0 aliphatic carbocycles. The van der Waals surface area contributed by atoms with Crippen LogP contribution in [0, 0.1) is 0 Å². The van der Waals surface area contributed by atoms with Crippen molar-refractivity contribution in [2.75, 3.05) is 5.32 Å². The number of benzene rings is 1. The molecule has 0 radical (unpaired) electrons. The number of amides is 1. The number of carbonyl (C=O) groups is 1. The summed E-state index contributed by atoms with van der Waals surface area (Å²) in [6.07, 6.45) is 0. The van der Waals surface area contributed by atoms with E-state index in [1.807, 2.05) is 17.5 Å². The zero-order valence-electron chi connectivity index (χ0n) is 13.9. The molecule has 4 aromatic rings. The first-order chi connectivity index (χ1) is 13.5. The van der Waals surface area contributed by atoms with Gasteiger partial charge in [0.2, 0.25) is 5.13 Å². The lowest BCUT2D eigenvalue weighted by Crippen LogP contribution is -2.25. The molecule has 0 aliphatic rings. The van der Waals surface area contributed by atoms with Crippen LogP contribution in [0.15, 0.2) is 57.1 Å². The largest absolute Gasteiger partial charge is 0.505 e. The standard InChI is InChI=1S/C17H10BrN5O3S2/c18-9-3-5-10(6-4-9)23-13(25)8-11(24)14(22-23)15(26)19-17-21-20-16(28-17)12-2-1-7-27-12/h1-8,24H,(H,19,21,26). The first-order valence-corrected chi connectivity index (χ1v) is 10.3. The van der Waals surface area contributed by atoms with Crippen LogP contribution in [0.5, 0.6) is 5.75 Å². The Hall–Kier alpha value is -2.89. The Morgan fingerprint density at radius 2 is 1.96 bits per heavy atom. The molecule has 2 N–H and O–H groups in total. The first-order valence-electron chi connectivity index (χ1n) is 7.79. The molecule has 0 atom stereocenters. The van der Waals surface area contributed by atoms with E-state index < -0.39 is 17.2 Å². The third kappa shape index (κ3) is 3.72. The average molecular weight is 476 g/mol. The summed E-state index contributed by atoms with van der Waals surface area (Å²) in [7, 11) is 0. The highest BCUT2D eigenvalue weighted by Crippen LogP contribution is 2.30. The quantitative estimate of drug-likeness (QED) is 0.467. The van der Waals surface area contributed by atoms with E-state index in [0.29, 0.717) is 10.7 Å². The van der Waals surface area contributed by atoms with Crippen LogP contribution < -0.4 is 10.9 Å². The van der Waals surface area contributed by atoms with E-state index in [2.05, 4.69) is 36.5 Å². The van der Waals surface area contributed by atoms with Crippen LogP contribution in [-0.2, 0) is 0 Å². The van der Waals surface area contributed by atoms with Crippen molar-refractivity contribution in [1.82, 2.24) is 20.0 Å². The monoisotopic (exact) mass is 475 g/mol. The molecule has 1 aromatic carbocycles. The normalized spacial score (nSPS) is 10.8. The lowest BCUT2D eigenvalue weighted by atomic mass is 10.3. The van der Waals surface area contributed by atoms with Gasteiger partial charge in [0.15, 0.2) is 16.5 Å². The van der Waals surface area contributed by atoms with Crippen LogP contribution in [0.25, 0.3) is 15.6 Å². The van der Waals surface area contributed by atoms with Gasteiger partial charge in [0.05, 0.1) is 10.6 Å². The highest BCUT2D eigenvalue weighted by molar-refractivity contribution is 9.10. The summed E-state index contributed by atoms with van der Waals surface area (Å²) in [5.41, 5.74) is -0.402. The van der Waals surface area contributed by atoms with Crippen molar-refractivity contribution in [3.05, 3.63) is 68.4 Å². The third-order valence-corrected chi connectivity index (χ3v) is 5.98. The fourth-order valence-corrected chi connectivity index (χ4v) is 4.10. The maximum absolute atomic E-state index is 12.6. The average Bonchev–Trinajstić information content (AvgIpc) is 3.34. The third-order valence-electron chi connectivity index (χ3n) is 3.58. The van der Waals surface area contributed by atoms with Crippen LogP contribution in [0.1, 0.15) is 10.5 Å². The van der Waals surface area contributed by atoms with Crippen molar-refractivity contribution < 1.29 is 9.90 Å². The van der Waals surface area contributed by atoms with E-state index in [9.17, 15) is 14.7 Å². The number of aromatic nitrogens is 4. The zero-order chi connectivity index (χ0) is 19.7. The van der Waals surface area contributed by atoms with Gasteiger partial charge in [-0.1, -0.05) is 33.3 Å². The molecule has 0 spiro atoms. The topological polar surface area (TPSA) is 110 Å². The van der Waals surface area contributed by atoms with Crippen molar-refractivity contribution in [2.24, 2.45) is 0 Å². The molecule has 140 valence electrons. The summed E-state index contributed by atoms with van der Waals surface area (Å²) < 4.78 is 1.87. The minimum absolute atomic E-state index is 0.260. The first kappa shape index (κ1) is 18.5. The molecule has 28 heavy (non-hydrogen) atoms.